The van der Waals surface area contributed by atoms with Gasteiger partial charge in [0.1, 0.15) is 0 Å². The monoisotopic (exact) mass is 1320 g/mol. The van der Waals surface area contributed by atoms with Gasteiger partial charge in [-0.1, -0.05) is 52.6 Å². The van der Waals surface area contributed by atoms with Gasteiger partial charge in [-0.25, -0.2) is 39.9 Å². The maximum Gasteiger partial charge on any atom is 4.00 e. The topological polar surface area (TPSA) is 605 Å². The van der Waals surface area contributed by atoms with Crippen LogP contribution in [0.2, 0.25) is 0 Å². The fourth-order valence-electron chi connectivity index (χ4n) is 3.02. The Morgan fingerprint density at radius 1 is 0.205 bits per heavy atom. The number of hydrogen-bond donors (Lipinski definition) is 0. The van der Waals surface area contributed by atoms with Crippen LogP contribution in [0.3, 0.4) is 0 Å². The van der Waals surface area contributed by atoms with Gasteiger partial charge in [0.15, 0.2) is 0 Å². The Kier molecular flexibility index (Phi) is 193. The Balaban J connectivity index is -0.0000000221. The van der Waals surface area contributed by atoms with Crippen molar-refractivity contribution in [1.29, 1.82) is 0 Å². The molecule has 8 aromatic rings. The Morgan fingerprint density at radius 2 is 0.282 bits per heavy atom. The van der Waals surface area contributed by atoms with Crippen LogP contribution >= 0.6 is 0 Å². The van der Waals surface area contributed by atoms with Crippen molar-refractivity contribution in [3.05, 3.63) is 202 Å². The Labute approximate surface area is 523 Å². The van der Waals surface area contributed by atoms with Crippen LogP contribution in [0.5, 0.6) is 0 Å². The molecule has 78 heavy (non-hydrogen) atoms. The molecule has 8 rings (SSSR count). The summed E-state index contributed by atoms with van der Waals surface area (Å²) in [5.74, 6) is 0. The van der Waals surface area contributed by atoms with Crippen molar-refractivity contribution in [2.45, 2.75) is 0 Å². The molecule has 0 spiro atoms. The number of hydrogen-bond acceptors (Lipinski definition) is 8. The van der Waals surface area contributed by atoms with Crippen molar-refractivity contribution in [2.75, 3.05) is 0 Å². The van der Waals surface area contributed by atoms with E-state index in [4.69, 9.17) is 0 Å². The van der Waals surface area contributed by atoms with Gasteiger partial charge in [-0.2, -0.15) is 0 Å². The molecule has 0 saturated heterocycles. The number of imidazole rings is 8. The molecular weight excluding hydrogens is 1270 g/mol. The van der Waals surface area contributed by atoms with E-state index in [1.54, 1.807) is 186 Å². The standard InChI is InChI=1S/8C5H6N2.2H2O.14O.6V/c8*1-2-7-4-3-6-5-7;;;;;;;;;;;;;;;;;;;;;;/h8*2-5H,1H2;2*1H2;;;;;;;;;;;;;;;;;;;;/q;;;;;;;;;;14*-2;;;;;2*+4. The summed E-state index contributed by atoms with van der Waals surface area (Å²) in [5, 5.41) is 0. The third-order valence-electron chi connectivity index (χ3n) is 5.89. The average molecular weight is 1320 g/mol. The molecule has 6 radical (unpaired) electrons. The molecule has 0 aromatic carbocycles. The third-order valence-corrected chi connectivity index (χ3v) is 5.89. The predicted molar refractivity (Wildman–Crippen MR) is 246 cm³/mol. The normalized spacial score (nSPS) is 6.15. The number of aromatic nitrogens is 16. The molecule has 438 valence electrons. The smallest absolute Gasteiger partial charge is 2.00 e. The molecule has 32 nitrogen and oxygen atoms in total. The molecule has 8 aromatic heterocycles. The third kappa shape index (κ3) is 77.0. The van der Waals surface area contributed by atoms with E-state index < -0.39 is 0 Å². The predicted octanol–water partition coefficient (Wildman–Crippen LogP) is 4.54. The van der Waals surface area contributed by atoms with E-state index in [-0.39, 0.29) is 199 Å². The first-order valence-corrected chi connectivity index (χ1v) is 16.3. The van der Waals surface area contributed by atoms with Gasteiger partial charge in [0.2, 0.25) is 0 Å². The van der Waals surface area contributed by atoms with Gasteiger partial charge in [-0.15, -0.1) is 0 Å². The van der Waals surface area contributed by atoms with Crippen molar-refractivity contribution in [2.24, 2.45) is 0 Å². The van der Waals surface area contributed by atoms with Crippen molar-refractivity contribution in [1.82, 2.24) is 76.4 Å². The second-order valence-electron chi connectivity index (χ2n) is 9.54. The van der Waals surface area contributed by atoms with Gasteiger partial charge in [-0.05, 0) is 0 Å². The fourth-order valence-corrected chi connectivity index (χ4v) is 3.02. The Bertz CT molecular complexity index is 1670. The molecule has 0 aliphatic heterocycles. The van der Waals surface area contributed by atoms with Crippen LogP contribution in [-0.2, 0) is 188 Å². The molecule has 0 atom stereocenters. The Hall–Kier alpha value is -5.53. The minimum Gasteiger partial charge on any atom is -2.00 e. The molecule has 8 heterocycles. The summed E-state index contributed by atoms with van der Waals surface area (Å²) in [7, 11) is 0. The van der Waals surface area contributed by atoms with Gasteiger partial charge >= 0.3 is 37.1 Å². The first-order chi connectivity index (χ1) is 27.5. The van der Waals surface area contributed by atoms with Crippen LogP contribution in [0.1, 0.15) is 0 Å². The summed E-state index contributed by atoms with van der Waals surface area (Å²) in [6, 6.07) is 0. The second-order valence-corrected chi connectivity index (χ2v) is 9.54. The molecule has 0 saturated carbocycles. The van der Waals surface area contributed by atoms with E-state index in [0.29, 0.717) is 0 Å². The van der Waals surface area contributed by atoms with Gasteiger partial charge in [0.25, 0.3) is 0 Å². The molecule has 0 aliphatic carbocycles. The molecule has 38 heteroatoms. The number of rotatable bonds is 8. The van der Waals surface area contributed by atoms with Crippen LogP contribution in [0.25, 0.3) is 49.6 Å². The minimum absolute atomic E-state index is 0. The molecule has 0 bridgehead atoms. The summed E-state index contributed by atoms with van der Waals surface area (Å²) < 4.78 is 14.2. The molecule has 0 unspecified atom stereocenters. The quantitative estimate of drug-likeness (QED) is 0.207. The van der Waals surface area contributed by atoms with Crippen LogP contribution in [0.15, 0.2) is 202 Å². The van der Waals surface area contributed by atoms with Crippen molar-refractivity contribution in [3.8, 4) is 0 Å². The van der Waals surface area contributed by atoms with Gasteiger partial charge in [0, 0.05) is 223 Å². The van der Waals surface area contributed by atoms with Crippen LogP contribution in [0, 0.1) is 0 Å². The van der Waals surface area contributed by atoms with E-state index in [0.717, 1.165) is 0 Å². The van der Waals surface area contributed by atoms with Gasteiger partial charge in [-0.3, -0.25) is 0 Å². The van der Waals surface area contributed by atoms with Crippen LogP contribution in [0.4, 0.5) is 0 Å². The number of nitrogens with zero attached hydrogens (tertiary/aromatic N) is 16. The summed E-state index contributed by atoms with van der Waals surface area (Å²) in [6.07, 6.45) is 55.3. The summed E-state index contributed by atoms with van der Waals surface area (Å²) in [5.41, 5.74) is 0. The van der Waals surface area contributed by atoms with Crippen molar-refractivity contribution in [3.63, 3.8) is 0 Å². The second kappa shape index (κ2) is 104. The molecule has 0 fully saturated rings. The molecular formula is C40H52N16O16V6-20. The van der Waals surface area contributed by atoms with Gasteiger partial charge < -0.3 is 124 Å². The first-order valence-electron chi connectivity index (χ1n) is 16.3. The first kappa shape index (κ1) is 145. The largest absolute Gasteiger partial charge is 4.00 e. The van der Waals surface area contributed by atoms with Crippen molar-refractivity contribution < 1.29 is 199 Å². The van der Waals surface area contributed by atoms with Gasteiger partial charge in [0.05, 0.1) is 50.6 Å². The molecule has 0 amide bonds. The maximum atomic E-state index is 3.78. The van der Waals surface area contributed by atoms with E-state index in [9.17, 15) is 0 Å². The summed E-state index contributed by atoms with van der Waals surface area (Å²) in [4.78, 5) is 30.3. The molecule has 0 aliphatic rings. The van der Waals surface area contributed by atoms with Crippen LogP contribution in [-0.4, -0.2) is 87.4 Å². The van der Waals surface area contributed by atoms with E-state index >= 15 is 0 Å². The Morgan fingerprint density at radius 3 is 0.308 bits per heavy atom. The zero-order chi connectivity index (χ0) is 40.9. The summed E-state index contributed by atoms with van der Waals surface area (Å²) >= 11 is 0. The average Bonchev–Trinajstić information content (AvgIpc) is 4.13. The van der Waals surface area contributed by atoms with Crippen molar-refractivity contribution >= 4 is 49.6 Å². The van der Waals surface area contributed by atoms with E-state index in [1.807, 2.05) is 49.6 Å². The zero-order valence-corrected chi connectivity index (χ0v) is 49.1. The summed E-state index contributed by atoms with van der Waals surface area (Å²) in [6.45, 7) is 28.2. The maximum absolute atomic E-state index is 3.78. The minimum atomic E-state index is 0. The fraction of sp³-hybridized carbons (Fsp3) is 0. The molecule has 4 N–H and O–H groups in total. The van der Waals surface area contributed by atoms with E-state index in [1.165, 1.54) is 0 Å². The SMILES string of the molecule is C=Cn1ccnc1.C=Cn1ccnc1.C=Cn1ccnc1.C=Cn1ccnc1.C=Cn1ccnc1.C=Cn1ccnc1.C=Cn1ccnc1.C=Cn1ccnc1.O.O.[O-2].[O-2].[O-2].[O-2].[O-2].[O-2].[O-2].[O-2].[O-2].[O-2].[O-2].[O-2].[O-2].[O-2].[V+4].[V+4].[V].[V].[V].[V]. The van der Waals surface area contributed by atoms with Crippen LogP contribution < -0.4 is 0 Å². The van der Waals surface area contributed by atoms with E-state index in [2.05, 4.69) is 92.5 Å². The zero-order valence-electron chi connectivity index (χ0n) is 40.7.